The van der Waals surface area contributed by atoms with Crippen LogP contribution in [0, 0.1) is 0 Å². The predicted octanol–water partition coefficient (Wildman–Crippen LogP) is 3.59. The normalized spacial score (nSPS) is 15.9. The number of carbonyl (C=O) groups is 2. The van der Waals surface area contributed by atoms with Crippen LogP contribution in [0.15, 0.2) is 54.6 Å². The summed E-state index contributed by atoms with van der Waals surface area (Å²) in [6.45, 7) is 0. The molecule has 0 fully saturated rings. The average Bonchev–Trinajstić information content (AvgIpc) is 2.73. The third-order valence-electron chi connectivity index (χ3n) is 3.51. The third-order valence-corrected chi connectivity index (χ3v) is 3.51. The highest BCUT2D eigenvalue weighted by Crippen LogP contribution is 2.41. The zero-order valence-electron chi connectivity index (χ0n) is 11.2. The lowest BCUT2D eigenvalue weighted by atomic mass is 10.0. The molecule has 3 nitrogen and oxygen atoms in total. The number of alkyl halides is 3. The highest BCUT2D eigenvalue weighted by Gasteiger charge is 2.52. The number of carbonyl (C=O) groups excluding carboxylic acids is 2. The maximum absolute atomic E-state index is 13.5. The van der Waals surface area contributed by atoms with E-state index in [1.165, 1.54) is 48.5 Å². The Morgan fingerprint density at radius 1 is 0.773 bits per heavy atom. The van der Waals surface area contributed by atoms with Crippen molar-refractivity contribution in [2.45, 2.75) is 12.2 Å². The molecule has 0 aliphatic carbocycles. The van der Waals surface area contributed by atoms with Gasteiger partial charge >= 0.3 is 6.18 Å². The van der Waals surface area contributed by atoms with Gasteiger partial charge in [0, 0.05) is 0 Å². The number of imide groups is 1. The second-order valence-electron chi connectivity index (χ2n) is 4.88. The van der Waals surface area contributed by atoms with Crippen molar-refractivity contribution in [2.75, 3.05) is 0 Å². The van der Waals surface area contributed by atoms with Crippen molar-refractivity contribution in [1.82, 2.24) is 4.90 Å². The summed E-state index contributed by atoms with van der Waals surface area (Å²) in [6.07, 6.45) is -4.76. The van der Waals surface area contributed by atoms with Gasteiger partial charge in [-0.1, -0.05) is 42.5 Å². The largest absolute Gasteiger partial charge is 0.413 e. The maximum atomic E-state index is 13.5. The number of amides is 2. The summed E-state index contributed by atoms with van der Waals surface area (Å²) in [5.74, 6) is -1.85. The first-order valence-corrected chi connectivity index (χ1v) is 6.50. The van der Waals surface area contributed by atoms with E-state index in [2.05, 4.69) is 0 Å². The maximum Gasteiger partial charge on any atom is 0.413 e. The minimum absolute atomic E-state index is 0.00215. The number of nitrogens with zero attached hydrogens (tertiary/aromatic N) is 1. The minimum Gasteiger partial charge on any atom is -0.269 e. The quantitative estimate of drug-likeness (QED) is 0.795. The highest BCUT2D eigenvalue weighted by molar-refractivity contribution is 6.21. The summed E-state index contributed by atoms with van der Waals surface area (Å²) in [5, 5.41) is 0. The summed E-state index contributed by atoms with van der Waals surface area (Å²) in [4.78, 5) is 24.8. The number of halogens is 3. The Labute approximate surface area is 124 Å². The van der Waals surface area contributed by atoms with E-state index < -0.39 is 24.0 Å². The first kappa shape index (κ1) is 14.3. The Morgan fingerprint density at radius 2 is 1.23 bits per heavy atom. The molecule has 2 amide bonds. The Balaban J connectivity index is 2.12. The molecule has 0 N–H and O–H groups in total. The molecule has 1 atom stereocenters. The molecule has 0 spiro atoms. The van der Waals surface area contributed by atoms with Gasteiger partial charge in [0.1, 0.15) is 0 Å². The van der Waals surface area contributed by atoms with Crippen molar-refractivity contribution < 1.29 is 22.8 Å². The smallest absolute Gasteiger partial charge is 0.269 e. The van der Waals surface area contributed by atoms with E-state index in [-0.39, 0.29) is 16.7 Å². The second-order valence-corrected chi connectivity index (χ2v) is 4.88. The third kappa shape index (κ3) is 2.16. The monoisotopic (exact) mass is 305 g/mol. The molecule has 1 aliphatic heterocycles. The first-order chi connectivity index (χ1) is 10.4. The first-order valence-electron chi connectivity index (χ1n) is 6.50. The molecular formula is C16H10F3NO2. The molecular weight excluding hydrogens is 295 g/mol. The van der Waals surface area contributed by atoms with Crippen LogP contribution in [-0.2, 0) is 0 Å². The zero-order chi connectivity index (χ0) is 15.9. The molecule has 0 bridgehead atoms. The van der Waals surface area contributed by atoms with Crippen molar-refractivity contribution in [1.29, 1.82) is 0 Å². The van der Waals surface area contributed by atoms with Crippen LogP contribution in [0.1, 0.15) is 32.3 Å². The van der Waals surface area contributed by atoms with Gasteiger partial charge in [-0.05, 0) is 17.7 Å². The topological polar surface area (TPSA) is 37.4 Å². The summed E-state index contributed by atoms with van der Waals surface area (Å²) >= 11 is 0. The summed E-state index contributed by atoms with van der Waals surface area (Å²) in [6, 6.07) is 10.4. The van der Waals surface area contributed by atoms with E-state index in [0.717, 1.165) is 0 Å². The Morgan fingerprint density at radius 3 is 1.68 bits per heavy atom. The second kappa shape index (κ2) is 4.98. The number of hydrogen-bond donors (Lipinski definition) is 0. The van der Waals surface area contributed by atoms with E-state index in [1.54, 1.807) is 6.07 Å². The lowest BCUT2D eigenvalue weighted by molar-refractivity contribution is -0.173. The van der Waals surface area contributed by atoms with Crippen LogP contribution in [0.3, 0.4) is 0 Å². The number of fused-ring (bicyclic) bond motifs is 1. The van der Waals surface area contributed by atoms with Gasteiger partial charge in [-0.2, -0.15) is 13.2 Å². The zero-order valence-corrected chi connectivity index (χ0v) is 11.2. The lowest BCUT2D eigenvalue weighted by Crippen LogP contribution is -2.42. The van der Waals surface area contributed by atoms with Gasteiger partial charge in [-0.15, -0.1) is 0 Å². The van der Waals surface area contributed by atoms with E-state index in [1.807, 2.05) is 0 Å². The Hall–Kier alpha value is -2.63. The predicted molar refractivity (Wildman–Crippen MR) is 72.2 cm³/mol. The minimum atomic E-state index is -4.76. The SMILES string of the molecule is O=C1c2ccccc2C(=O)N1C(c1ccccc1)C(F)(F)F. The molecule has 1 heterocycles. The molecule has 3 rings (SSSR count). The van der Waals surface area contributed by atoms with Gasteiger partial charge in [0.15, 0.2) is 6.04 Å². The fourth-order valence-electron chi connectivity index (χ4n) is 2.56. The van der Waals surface area contributed by atoms with Gasteiger partial charge in [0.05, 0.1) is 11.1 Å². The van der Waals surface area contributed by atoms with E-state index >= 15 is 0 Å². The van der Waals surface area contributed by atoms with Crippen molar-refractivity contribution >= 4 is 11.8 Å². The van der Waals surface area contributed by atoms with Crippen molar-refractivity contribution in [3.05, 3.63) is 71.3 Å². The average molecular weight is 305 g/mol. The number of rotatable bonds is 2. The molecule has 0 saturated carbocycles. The van der Waals surface area contributed by atoms with Gasteiger partial charge < -0.3 is 0 Å². The van der Waals surface area contributed by atoms with E-state index in [9.17, 15) is 22.8 Å². The molecule has 1 unspecified atom stereocenters. The van der Waals surface area contributed by atoms with Crippen LogP contribution in [0.2, 0.25) is 0 Å². The van der Waals surface area contributed by atoms with Gasteiger partial charge in [0.2, 0.25) is 0 Å². The standard InChI is InChI=1S/C16H10F3NO2/c17-16(18,19)13(10-6-2-1-3-7-10)20-14(21)11-8-4-5-9-12(11)15(20)22/h1-9,13H. The molecule has 0 aromatic heterocycles. The van der Waals surface area contributed by atoms with Crippen molar-refractivity contribution in [3.63, 3.8) is 0 Å². The van der Waals surface area contributed by atoms with Crippen molar-refractivity contribution in [3.8, 4) is 0 Å². The highest BCUT2D eigenvalue weighted by atomic mass is 19.4. The summed E-state index contributed by atoms with van der Waals surface area (Å²) in [5.41, 5.74) is -0.153. The number of hydrogen-bond acceptors (Lipinski definition) is 2. The molecule has 2 aromatic carbocycles. The van der Waals surface area contributed by atoms with Crippen LogP contribution in [0.25, 0.3) is 0 Å². The number of benzene rings is 2. The Kier molecular flexibility index (Phi) is 3.24. The van der Waals surface area contributed by atoms with Crippen LogP contribution in [0.5, 0.6) is 0 Å². The van der Waals surface area contributed by atoms with Crippen LogP contribution in [-0.4, -0.2) is 22.9 Å². The molecule has 22 heavy (non-hydrogen) atoms. The van der Waals surface area contributed by atoms with Gasteiger partial charge in [-0.3, -0.25) is 14.5 Å². The van der Waals surface area contributed by atoms with Gasteiger partial charge in [-0.25, -0.2) is 0 Å². The van der Waals surface area contributed by atoms with E-state index in [0.29, 0.717) is 4.90 Å². The molecule has 0 saturated heterocycles. The van der Waals surface area contributed by atoms with E-state index in [4.69, 9.17) is 0 Å². The fraction of sp³-hybridized carbons (Fsp3) is 0.125. The van der Waals surface area contributed by atoms with Crippen molar-refractivity contribution in [2.24, 2.45) is 0 Å². The fourth-order valence-corrected chi connectivity index (χ4v) is 2.56. The summed E-state index contributed by atoms with van der Waals surface area (Å²) < 4.78 is 40.4. The lowest BCUT2D eigenvalue weighted by Gasteiger charge is -2.28. The van der Waals surface area contributed by atoms with Gasteiger partial charge in [0.25, 0.3) is 11.8 Å². The Bertz CT molecular complexity index is 706. The molecule has 0 radical (unpaired) electrons. The van der Waals surface area contributed by atoms with Crippen LogP contribution < -0.4 is 0 Å². The molecule has 1 aliphatic rings. The van der Waals surface area contributed by atoms with Crippen LogP contribution in [0.4, 0.5) is 13.2 Å². The molecule has 2 aromatic rings. The van der Waals surface area contributed by atoms with Crippen LogP contribution >= 0.6 is 0 Å². The molecule has 6 heteroatoms. The summed E-state index contributed by atoms with van der Waals surface area (Å²) in [7, 11) is 0. The molecule has 112 valence electrons.